The van der Waals surface area contributed by atoms with Gasteiger partial charge in [-0.2, -0.15) is 0 Å². The molecule has 0 aromatic carbocycles. The number of fused-ring (bicyclic) bond motifs is 1. The molecule has 0 bridgehead atoms. The largest absolute Gasteiger partial charge is 0.436 e. The van der Waals surface area contributed by atoms with E-state index in [1.807, 2.05) is 18.2 Å². The molecular formula is C14H14N2O. The Labute approximate surface area is 100 Å². The van der Waals surface area contributed by atoms with Gasteiger partial charge in [0.15, 0.2) is 5.76 Å². The van der Waals surface area contributed by atoms with Gasteiger partial charge >= 0.3 is 0 Å². The molecule has 17 heavy (non-hydrogen) atoms. The number of nitrogens with zero attached hydrogens (tertiary/aromatic N) is 2. The predicted molar refractivity (Wildman–Crippen MR) is 66.3 cm³/mol. The fourth-order valence-corrected chi connectivity index (χ4v) is 2.03. The van der Waals surface area contributed by atoms with Gasteiger partial charge < -0.3 is 4.42 Å². The minimum atomic E-state index is 0.166. The van der Waals surface area contributed by atoms with Crippen LogP contribution in [0.1, 0.15) is 25.3 Å². The van der Waals surface area contributed by atoms with Crippen molar-refractivity contribution in [2.24, 2.45) is 5.41 Å². The van der Waals surface area contributed by atoms with Crippen LogP contribution in [0.25, 0.3) is 17.5 Å². The summed E-state index contributed by atoms with van der Waals surface area (Å²) in [6, 6.07) is 3.82. The van der Waals surface area contributed by atoms with Gasteiger partial charge in [-0.1, -0.05) is 19.9 Å². The molecule has 1 aliphatic rings. The van der Waals surface area contributed by atoms with E-state index >= 15 is 0 Å². The first kappa shape index (κ1) is 10.3. The van der Waals surface area contributed by atoms with Gasteiger partial charge in [-0.3, -0.25) is 4.98 Å². The zero-order chi connectivity index (χ0) is 11.9. The van der Waals surface area contributed by atoms with Crippen molar-refractivity contribution in [1.82, 2.24) is 9.97 Å². The number of aromatic nitrogens is 2. The monoisotopic (exact) mass is 226 g/mol. The highest BCUT2D eigenvalue weighted by Gasteiger charge is 2.25. The van der Waals surface area contributed by atoms with E-state index in [2.05, 4.69) is 29.9 Å². The van der Waals surface area contributed by atoms with E-state index in [9.17, 15) is 0 Å². The number of hydrogen-bond acceptors (Lipinski definition) is 3. The zero-order valence-corrected chi connectivity index (χ0v) is 9.97. The molecule has 2 aromatic heterocycles. The fraction of sp³-hybridized carbons (Fsp3) is 0.286. The van der Waals surface area contributed by atoms with Crippen LogP contribution in [0.15, 0.2) is 35.0 Å². The van der Waals surface area contributed by atoms with E-state index in [1.54, 1.807) is 12.4 Å². The van der Waals surface area contributed by atoms with Crippen molar-refractivity contribution >= 4 is 6.08 Å². The van der Waals surface area contributed by atoms with Crippen LogP contribution in [0.4, 0.5) is 0 Å². The van der Waals surface area contributed by atoms with Crippen LogP contribution in [-0.4, -0.2) is 9.97 Å². The molecule has 2 heterocycles. The second-order valence-corrected chi connectivity index (χ2v) is 5.06. The third kappa shape index (κ3) is 1.88. The molecular weight excluding hydrogens is 212 g/mol. The molecule has 0 fully saturated rings. The lowest BCUT2D eigenvalue weighted by Gasteiger charge is -2.21. The first-order valence-electron chi connectivity index (χ1n) is 5.73. The topological polar surface area (TPSA) is 38.9 Å². The van der Waals surface area contributed by atoms with Gasteiger partial charge in [0.25, 0.3) is 0 Å². The van der Waals surface area contributed by atoms with Crippen LogP contribution < -0.4 is 0 Å². The fourth-order valence-electron chi connectivity index (χ4n) is 2.03. The third-order valence-electron chi connectivity index (χ3n) is 2.96. The Kier molecular flexibility index (Phi) is 2.15. The molecule has 0 atom stereocenters. The Hall–Kier alpha value is -1.90. The summed E-state index contributed by atoms with van der Waals surface area (Å²) in [4.78, 5) is 8.56. The van der Waals surface area contributed by atoms with Crippen LogP contribution in [0, 0.1) is 5.41 Å². The van der Waals surface area contributed by atoms with E-state index in [-0.39, 0.29) is 5.41 Å². The molecule has 0 saturated carbocycles. The molecule has 3 nitrogen and oxygen atoms in total. The number of oxazole rings is 1. The van der Waals surface area contributed by atoms with E-state index < -0.39 is 0 Å². The molecule has 2 aromatic rings. The summed E-state index contributed by atoms with van der Waals surface area (Å²) in [5.74, 6) is 1.57. The lowest BCUT2D eigenvalue weighted by molar-refractivity contribution is 0.460. The maximum atomic E-state index is 5.76. The third-order valence-corrected chi connectivity index (χ3v) is 2.96. The Balaban J connectivity index is 2.03. The van der Waals surface area contributed by atoms with Crippen molar-refractivity contribution in [3.05, 3.63) is 42.1 Å². The SMILES string of the molecule is CC1(C)C=Cc2oc(-c3ccncc3)nc2C1. The average molecular weight is 226 g/mol. The van der Waals surface area contributed by atoms with Crippen molar-refractivity contribution in [2.75, 3.05) is 0 Å². The molecule has 0 unspecified atom stereocenters. The van der Waals surface area contributed by atoms with Crippen molar-refractivity contribution in [3.63, 3.8) is 0 Å². The van der Waals surface area contributed by atoms with Gasteiger partial charge in [0.2, 0.25) is 5.89 Å². The second-order valence-electron chi connectivity index (χ2n) is 5.06. The number of hydrogen-bond donors (Lipinski definition) is 0. The van der Waals surface area contributed by atoms with Gasteiger partial charge in [0.05, 0.1) is 5.69 Å². The molecule has 0 N–H and O–H groups in total. The molecule has 86 valence electrons. The maximum absolute atomic E-state index is 5.76. The number of rotatable bonds is 1. The van der Waals surface area contributed by atoms with Crippen LogP contribution in [0.3, 0.4) is 0 Å². The highest BCUT2D eigenvalue weighted by Crippen LogP contribution is 2.33. The van der Waals surface area contributed by atoms with Gasteiger partial charge in [-0.15, -0.1) is 0 Å². The number of pyridine rings is 1. The summed E-state index contributed by atoms with van der Waals surface area (Å²) in [7, 11) is 0. The van der Waals surface area contributed by atoms with Crippen LogP contribution in [0.5, 0.6) is 0 Å². The van der Waals surface area contributed by atoms with E-state index in [0.29, 0.717) is 5.89 Å². The quantitative estimate of drug-likeness (QED) is 0.748. The lowest BCUT2D eigenvalue weighted by atomic mass is 9.84. The predicted octanol–water partition coefficient (Wildman–Crippen LogP) is 3.33. The normalized spacial score (nSPS) is 16.8. The smallest absolute Gasteiger partial charge is 0.227 e. The lowest BCUT2D eigenvalue weighted by Crippen LogP contribution is -2.15. The second kappa shape index (κ2) is 3.55. The Morgan fingerprint density at radius 2 is 2.00 bits per heavy atom. The molecule has 0 radical (unpaired) electrons. The van der Waals surface area contributed by atoms with Crippen molar-refractivity contribution < 1.29 is 4.42 Å². The first-order chi connectivity index (χ1) is 8.14. The molecule has 3 rings (SSSR count). The van der Waals surface area contributed by atoms with Crippen LogP contribution in [0.2, 0.25) is 0 Å². The summed E-state index contributed by atoms with van der Waals surface area (Å²) >= 11 is 0. The summed E-state index contributed by atoms with van der Waals surface area (Å²) in [5, 5.41) is 0. The standard InChI is InChI=1S/C14H14N2O/c1-14(2)6-3-12-11(9-14)16-13(17-12)10-4-7-15-8-5-10/h3-8H,9H2,1-2H3. The highest BCUT2D eigenvalue weighted by molar-refractivity contribution is 5.58. The van der Waals surface area contributed by atoms with Gasteiger partial charge in [0.1, 0.15) is 0 Å². The maximum Gasteiger partial charge on any atom is 0.227 e. The molecule has 1 aliphatic carbocycles. The Bertz CT molecular complexity index is 567. The molecule has 0 spiro atoms. The molecule has 3 heteroatoms. The van der Waals surface area contributed by atoms with E-state index in [1.165, 1.54) is 0 Å². The molecule has 0 saturated heterocycles. The average Bonchev–Trinajstić information content (AvgIpc) is 2.71. The summed E-state index contributed by atoms with van der Waals surface area (Å²) in [6.45, 7) is 4.40. The zero-order valence-electron chi connectivity index (χ0n) is 9.97. The van der Waals surface area contributed by atoms with Crippen molar-refractivity contribution in [2.45, 2.75) is 20.3 Å². The van der Waals surface area contributed by atoms with Gasteiger partial charge in [0, 0.05) is 24.4 Å². The summed E-state index contributed by atoms with van der Waals surface area (Å²) in [6.07, 6.45) is 8.62. The summed E-state index contributed by atoms with van der Waals surface area (Å²) < 4.78 is 5.76. The molecule has 0 amide bonds. The van der Waals surface area contributed by atoms with Gasteiger partial charge in [-0.05, 0) is 23.6 Å². The minimum absolute atomic E-state index is 0.166. The summed E-state index contributed by atoms with van der Waals surface area (Å²) in [5.41, 5.74) is 2.18. The molecule has 0 aliphatic heterocycles. The first-order valence-corrected chi connectivity index (χ1v) is 5.73. The van der Waals surface area contributed by atoms with Crippen molar-refractivity contribution in [3.8, 4) is 11.5 Å². The van der Waals surface area contributed by atoms with Gasteiger partial charge in [-0.25, -0.2) is 4.98 Å². The van der Waals surface area contributed by atoms with Crippen molar-refractivity contribution in [1.29, 1.82) is 0 Å². The van der Waals surface area contributed by atoms with Crippen LogP contribution in [-0.2, 0) is 6.42 Å². The Morgan fingerprint density at radius 3 is 2.76 bits per heavy atom. The van der Waals surface area contributed by atoms with Crippen LogP contribution >= 0.6 is 0 Å². The van der Waals surface area contributed by atoms with E-state index in [0.717, 1.165) is 23.4 Å². The number of allylic oxidation sites excluding steroid dienone is 1. The van der Waals surface area contributed by atoms with E-state index in [4.69, 9.17) is 4.42 Å². The minimum Gasteiger partial charge on any atom is -0.436 e. The Morgan fingerprint density at radius 1 is 1.24 bits per heavy atom. The highest BCUT2D eigenvalue weighted by atomic mass is 16.4.